The molecule has 2 aromatic rings. The van der Waals surface area contributed by atoms with Gasteiger partial charge in [0.25, 0.3) is 5.91 Å². The van der Waals surface area contributed by atoms with E-state index in [1.165, 1.54) is 36.4 Å². The summed E-state index contributed by atoms with van der Waals surface area (Å²) in [7, 11) is 1.51. The van der Waals surface area contributed by atoms with E-state index in [-0.39, 0.29) is 24.7 Å². The number of hydrogen-bond donors (Lipinski definition) is 2. The lowest BCUT2D eigenvalue weighted by atomic mass is 10.1. The van der Waals surface area contributed by atoms with Crippen LogP contribution in [0.3, 0.4) is 0 Å². The molecule has 0 saturated heterocycles. The van der Waals surface area contributed by atoms with Crippen molar-refractivity contribution in [1.29, 1.82) is 0 Å². The topological polar surface area (TPSA) is 109 Å². The van der Waals surface area contributed by atoms with Gasteiger partial charge in [0.2, 0.25) is 0 Å². The standard InChI is InChI=1S/C21H20N2O6/c1-13-17(11-14-3-8-18(29-10-9-24)19(12-14)28-2)20(25)23(22-13)16-6-4-15(5-7-16)21(26)27/h3-8,11-12,24H,9-10H2,1-2H3,(H,26,27)/b17-11+. The van der Waals surface area contributed by atoms with Gasteiger partial charge in [0.05, 0.1) is 36.3 Å². The predicted molar refractivity (Wildman–Crippen MR) is 108 cm³/mol. The number of nitrogens with zero attached hydrogens (tertiary/aromatic N) is 2. The smallest absolute Gasteiger partial charge is 0.335 e. The summed E-state index contributed by atoms with van der Waals surface area (Å²) in [6.45, 7) is 1.77. The Labute approximate surface area is 167 Å². The van der Waals surface area contributed by atoms with Crippen molar-refractivity contribution in [1.82, 2.24) is 0 Å². The number of carboxylic acids is 1. The summed E-state index contributed by atoms with van der Waals surface area (Å²) in [6, 6.07) is 11.1. The number of carboxylic acid groups (broad SMARTS) is 1. The van der Waals surface area contributed by atoms with Crippen LogP contribution in [0.2, 0.25) is 0 Å². The minimum Gasteiger partial charge on any atom is -0.493 e. The zero-order valence-corrected chi connectivity index (χ0v) is 16.0. The van der Waals surface area contributed by atoms with Crippen LogP contribution >= 0.6 is 0 Å². The van der Waals surface area contributed by atoms with Crippen LogP contribution < -0.4 is 14.5 Å². The third kappa shape index (κ3) is 4.27. The molecule has 0 unspecified atom stereocenters. The number of aliphatic hydroxyl groups is 1. The maximum atomic E-state index is 12.8. The highest BCUT2D eigenvalue weighted by atomic mass is 16.5. The fourth-order valence-corrected chi connectivity index (χ4v) is 2.82. The number of hydrazone groups is 1. The summed E-state index contributed by atoms with van der Waals surface area (Å²) in [5, 5.41) is 23.4. The van der Waals surface area contributed by atoms with Crippen LogP contribution in [0.25, 0.3) is 6.08 Å². The first-order valence-corrected chi connectivity index (χ1v) is 8.81. The Morgan fingerprint density at radius 2 is 1.90 bits per heavy atom. The van der Waals surface area contributed by atoms with E-state index < -0.39 is 5.97 Å². The molecular formula is C21H20N2O6. The molecule has 2 aromatic carbocycles. The first-order chi connectivity index (χ1) is 13.9. The van der Waals surface area contributed by atoms with Gasteiger partial charge in [-0.1, -0.05) is 6.07 Å². The molecule has 0 bridgehead atoms. The van der Waals surface area contributed by atoms with Gasteiger partial charge in [-0.05, 0) is 55.0 Å². The Bertz CT molecular complexity index is 995. The Hall–Kier alpha value is -3.65. The van der Waals surface area contributed by atoms with Gasteiger partial charge in [-0.15, -0.1) is 0 Å². The van der Waals surface area contributed by atoms with E-state index in [9.17, 15) is 9.59 Å². The van der Waals surface area contributed by atoms with Gasteiger partial charge in [-0.3, -0.25) is 4.79 Å². The SMILES string of the molecule is COc1cc(/C=C2/C(=O)N(c3ccc(C(=O)O)cc3)N=C2C)ccc1OCCO. The minimum absolute atomic E-state index is 0.109. The molecule has 0 fully saturated rings. The Balaban J connectivity index is 1.86. The normalized spacial score (nSPS) is 14.9. The summed E-state index contributed by atoms with van der Waals surface area (Å²) < 4.78 is 10.7. The summed E-state index contributed by atoms with van der Waals surface area (Å²) in [5.41, 5.74) is 2.29. The molecular weight excluding hydrogens is 376 g/mol. The first-order valence-electron chi connectivity index (χ1n) is 8.81. The lowest BCUT2D eigenvalue weighted by Crippen LogP contribution is -2.21. The molecule has 0 saturated carbocycles. The molecule has 0 atom stereocenters. The zero-order valence-electron chi connectivity index (χ0n) is 16.0. The second kappa shape index (κ2) is 8.57. The third-order valence-electron chi connectivity index (χ3n) is 4.27. The fourth-order valence-electron chi connectivity index (χ4n) is 2.82. The van der Waals surface area contributed by atoms with Gasteiger partial charge in [0.1, 0.15) is 6.61 Å². The molecule has 0 aliphatic carbocycles. The van der Waals surface area contributed by atoms with E-state index in [2.05, 4.69) is 5.10 Å². The van der Waals surface area contributed by atoms with Crippen molar-refractivity contribution in [2.75, 3.05) is 25.3 Å². The number of methoxy groups -OCH3 is 1. The molecule has 3 rings (SSSR count). The van der Waals surface area contributed by atoms with Crippen molar-refractivity contribution in [2.45, 2.75) is 6.92 Å². The largest absolute Gasteiger partial charge is 0.493 e. The number of carbonyl (C=O) groups excluding carboxylic acids is 1. The Kier molecular flexibility index (Phi) is 5.94. The van der Waals surface area contributed by atoms with Gasteiger partial charge in [-0.25, -0.2) is 4.79 Å². The molecule has 8 nitrogen and oxygen atoms in total. The maximum absolute atomic E-state index is 12.8. The lowest BCUT2D eigenvalue weighted by molar-refractivity contribution is -0.114. The van der Waals surface area contributed by atoms with Crippen LogP contribution in [0.15, 0.2) is 53.1 Å². The number of anilines is 1. The van der Waals surface area contributed by atoms with E-state index in [1.54, 1.807) is 31.2 Å². The fraction of sp³-hybridized carbons (Fsp3) is 0.190. The third-order valence-corrected chi connectivity index (χ3v) is 4.27. The first kappa shape index (κ1) is 20.1. The van der Waals surface area contributed by atoms with E-state index in [4.69, 9.17) is 19.7 Å². The number of aliphatic hydroxyl groups excluding tert-OH is 1. The van der Waals surface area contributed by atoms with Gasteiger partial charge in [0, 0.05) is 0 Å². The molecule has 1 heterocycles. The summed E-state index contributed by atoms with van der Waals surface area (Å²) in [6.07, 6.45) is 1.70. The number of amides is 1. The molecule has 150 valence electrons. The van der Waals surface area contributed by atoms with Crippen LogP contribution in [-0.4, -0.2) is 48.1 Å². The highest BCUT2D eigenvalue weighted by Crippen LogP contribution is 2.30. The number of rotatable bonds is 7. The van der Waals surface area contributed by atoms with Crippen LogP contribution in [0.4, 0.5) is 5.69 Å². The Morgan fingerprint density at radius 1 is 1.17 bits per heavy atom. The van der Waals surface area contributed by atoms with Gasteiger partial charge in [0.15, 0.2) is 11.5 Å². The van der Waals surface area contributed by atoms with Crippen molar-refractivity contribution >= 4 is 29.4 Å². The average Bonchev–Trinajstić information content (AvgIpc) is 3.01. The highest BCUT2D eigenvalue weighted by Gasteiger charge is 2.28. The maximum Gasteiger partial charge on any atom is 0.335 e. The van der Waals surface area contributed by atoms with Crippen molar-refractivity contribution in [2.24, 2.45) is 5.10 Å². The summed E-state index contributed by atoms with van der Waals surface area (Å²) in [4.78, 5) is 23.8. The Morgan fingerprint density at radius 3 is 2.52 bits per heavy atom. The highest BCUT2D eigenvalue weighted by molar-refractivity contribution is 6.32. The van der Waals surface area contributed by atoms with Crippen molar-refractivity contribution in [3.63, 3.8) is 0 Å². The van der Waals surface area contributed by atoms with Crippen LogP contribution in [0.1, 0.15) is 22.8 Å². The number of aromatic carboxylic acids is 1. The van der Waals surface area contributed by atoms with Crippen LogP contribution in [0, 0.1) is 0 Å². The van der Waals surface area contributed by atoms with Gasteiger partial charge in [-0.2, -0.15) is 10.1 Å². The average molecular weight is 396 g/mol. The summed E-state index contributed by atoms with van der Waals surface area (Å²) >= 11 is 0. The molecule has 0 aromatic heterocycles. The second-order valence-electron chi connectivity index (χ2n) is 6.19. The van der Waals surface area contributed by atoms with E-state index in [0.717, 1.165) is 5.56 Å². The molecule has 1 aliphatic rings. The van der Waals surface area contributed by atoms with Crippen molar-refractivity contribution < 1.29 is 29.3 Å². The van der Waals surface area contributed by atoms with E-state index in [1.807, 2.05) is 0 Å². The monoisotopic (exact) mass is 396 g/mol. The number of carbonyl (C=O) groups is 2. The van der Waals surface area contributed by atoms with Gasteiger partial charge >= 0.3 is 5.97 Å². The van der Waals surface area contributed by atoms with Gasteiger partial charge < -0.3 is 19.7 Å². The number of benzene rings is 2. The summed E-state index contributed by atoms with van der Waals surface area (Å²) in [5.74, 6) is -0.379. The zero-order chi connectivity index (χ0) is 21.0. The molecule has 1 aliphatic heterocycles. The molecule has 0 radical (unpaired) electrons. The van der Waals surface area contributed by atoms with E-state index >= 15 is 0 Å². The minimum atomic E-state index is -1.04. The quantitative estimate of drug-likeness (QED) is 0.697. The molecule has 0 spiro atoms. The number of hydrogen-bond acceptors (Lipinski definition) is 6. The molecule has 29 heavy (non-hydrogen) atoms. The predicted octanol–water partition coefficient (Wildman–Crippen LogP) is 2.57. The molecule has 8 heteroatoms. The van der Waals surface area contributed by atoms with Crippen molar-refractivity contribution in [3.05, 3.63) is 59.2 Å². The van der Waals surface area contributed by atoms with E-state index in [0.29, 0.717) is 28.5 Å². The van der Waals surface area contributed by atoms with Crippen LogP contribution in [0.5, 0.6) is 11.5 Å². The lowest BCUT2D eigenvalue weighted by Gasteiger charge is -2.12. The molecule has 1 amide bonds. The van der Waals surface area contributed by atoms with Crippen molar-refractivity contribution in [3.8, 4) is 11.5 Å². The molecule has 2 N–H and O–H groups in total. The second-order valence-corrected chi connectivity index (χ2v) is 6.19. The van der Waals surface area contributed by atoms with Crippen LogP contribution in [-0.2, 0) is 4.79 Å². The number of ether oxygens (including phenoxy) is 2.